The van der Waals surface area contributed by atoms with Crippen molar-refractivity contribution in [2.75, 3.05) is 19.7 Å². The highest BCUT2D eigenvalue weighted by Gasteiger charge is 2.30. The Hall–Kier alpha value is -1.16. The summed E-state index contributed by atoms with van der Waals surface area (Å²) in [6, 6.07) is 6.04. The van der Waals surface area contributed by atoms with Crippen molar-refractivity contribution in [1.82, 2.24) is 5.32 Å². The minimum absolute atomic E-state index is 0.0142. The van der Waals surface area contributed by atoms with Crippen molar-refractivity contribution in [3.05, 3.63) is 29.8 Å². The van der Waals surface area contributed by atoms with Gasteiger partial charge in [0.05, 0.1) is 13.2 Å². The van der Waals surface area contributed by atoms with Crippen LogP contribution in [-0.2, 0) is 5.92 Å². The third kappa shape index (κ3) is 4.61. The number of benzene rings is 1. The zero-order chi connectivity index (χ0) is 13.6. The van der Waals surface area contributed by atoms with Gasteiger partial charge in [0.25, 0.3) is 5.92 Å². The van der Waals surface area contributed by atoms with Crippen LogP contribution in [0, 0.1) is 5.92 Å². The molecule has 102 valence electrons. The Morgan fingerprint density at radius 3 is 2.33 bits per heavy atom. The molecule has 0 radical (unpaired) electrons. The molecule has 1 aromatic rings. The molecule has 4 heteroatoms. The smallest absolute Gasteiger partial charge is 0.285 e. The van der Waals surface area contributed by atoms with E-state index in [-0.39, 0.29) is 12.1 Å². The lowest BCUT2D eigenvalue weighted by Crippen LogP contribution is -2.30. The summed E-state index contributed by atoms with van der Waals surface area (Å²) in [5, 5.41) is 2.66. The Labute approximate surface area is 107 Å². The predicted molar refractivity (Wildman–Crippen MR) is 69.2 cm³/mol. The lowest BCUT2D eigenvalue weighted by molar-refractivity contribution is -0.00264. The highest BCUT2D eigenvalue weighted by Crippen LogP contribution is 2.28. The number of alkyl halides is 2. The quantitative estimate of drug-likeness (QED) is 0.808. The number of halogens is 2. The van der Waals surface area contributed by atoms with Gasteiger partial charge >= 0.3 is 0 Å². The van der Waals surface area contributed by atoms with E-state index in [2.05, 4.69) is 5.32 Å². The van der Waals surface area contributed by atoms with Crippen LogP contribution < -0.4 is 10.1 Å². The molecule has 0 saturated heterocycles. The van der Waals surface area contributed by atoms with E-state index in [0.717, 1.165) is 0 Å². The van der Waals surface area contributed by atoms with Gasteiger partial charge in [-0.15, -0.1) is 0 Å². The summed E-state index contributed by atoms with van der Waals surface area (Å²) in [5.74, 6) is -1.79. The molecule has 0 fully saturated rings. The van der Waals surface area contributed by atoms with Gasteiger partial charge in [0.2, 0.25) is 0 Å². The first-order chi connectivity index (χ1) is 8.45. The number of likely N-dealkylation sites (N-methyl/N-ethyl adjacent to an activating group) is 1. The van der Waals surface area contributed by atoms with Crippen molar-refractivity contribution in [2.24, 2.45) is 5.92 Å². The normalized spacial score (nSPS) is 11.9. The van der Waals surface area contributed by atoms with E-state index in [0.29, 0.717) is 24.8 Å². The number of rotatable bonds is 7. The van der Waals surface area contributed by atoms with Gasteiger partial charge in [-0.1, -0.05) is 20.8 Å². The van der Waals surface area contributed by atoms with Gasteiger partial charge in [-0.05, 0) is 36.7 Å². The molecule has 0 aliphatic carbocycles. The van der Waals surface area contributed by atoms with Gasteiger partial charge in [0, 0.05) is 5.56 Å². The molecule has 1 rings (SSSR count). The maximum absolute atomic E-state index is 13.7. The van der Waals surface area contributed by atoms with Gasteiger partial charge in [-0.2, -0.15) is 8.78 Å². The Morgan fingerprint density at radius 1 is 1.22 bits per heavy atom. The maximum atomic E-state index is 13.7. The van der Waals surface area contributed by atoms with E-state index in [4.69, 9.17) is 4.74 Å². The van der Waals surface area contributed by atoms with Crippen LogP contribution >= 0.6 is 0 Å². The number of nitrogens with one attached hydrogen (secondary N) is 1. The molecule has 0 unspecified atom stereocenters. The Balaban J connectivity index is 2.63. The lowest BCUT2D eigenvalue weighted by atomic mass is 10.1. The molecule has 2 nitrogen and oxygen atoms in total. The molecule has 0 bridgehead atoms. The van der Waals surface area contributed by atoms with Crippen LogP contribution in [0.5, 0.6) is 5.75 Å². The highest BCUT2D eigenvalue weighted by atomic mass is 19.3. The van der Waals surface area contributed by atoms with E-state index in [1.54, 1.807) is 19.1 Å². The molecular formula is C14H21F2NO. The average molecular weight is 257 g/mol. The fourth-order valence-corrected chi connectivity index (χ4v) is 1.44. The third-order valence-corrected chi connectivity index (χ3v) is 2.46. The predicted octanol–water partition coefficient (Wildman–Crippen LogP) is 3.42. The van der Waals surface area contributed by atoms with Crippen LogP contribution in [0.3, 0.4) is 0 Å². The van der Waals surface area contributed by atoms with Gasteiger partial charge in [0.1, 0.15) is 5.75 Å². The van der Waals surface area contributed by atoms with Crippen LogP contribution in [0.15, 0.2) is 24.3 Å². The van der Waals surface area contributed by atoms with Crippen molar-refractivity contribution in [3.63, 3.8) is 0 Å². The van der Waals surface area contributed by atoms with Gasteiger partial charge < -0.3 is 10.1 Å². The summed E-state index contributed by atoms with van der Waals surface area (Å²) < 4.78 is 32.8. The van der Waals surface area contributed by atoms with E-state index in [1.807, 2.05) is 13.8 Å². The monoisotopic (exact) mass is 257 g/mol. The second-order valence-electron chi connectivity index (χ2n) is 4.71. The average Bonchev–Trinajstić information content (AvgIpc) is 2.34. The molecule has 1 N–H and O–H groups in total. The van der Waals surface area contributed by atoms with Crippen molar-refractivity contribution >= 4 is 0 Å². The zero-order valence-electron chi connectivity index (χ0n) is 11.2. The van der Waals surface area contributed by atoms with Crippen LogP contribution in [0.4, 0.5) is 8.78 Å². The maximum Gasteiger partial charge on any atom is 0.285 e. The van der Waals surface area contributed by atoms with Crippen molar-refractivity contribution < 1.29 is 13.5 Å². The van der Waals surface area contributed by atoms with Crippen LogP contribution in [-0.4, -0.2) is 19.7 Å². The first-order valence-electron chi connectivity index (χ1n) is 6.27. The second-order valence-corrected chi connectivity index (χ2v) is 4.71. The summed E-state index contributed by atoms with van der Waals surface area (Å²) in [4.78, 5) is 0. The second kappa shape index (κ2) is 6.69. The topological polar surface area (TPSA) is 21.3 Å². The Morgan fingerprint density at radius 2 is 1.83 bits per heavy atom. The number of hydrogen-bond acceptors (Lipinski definition) is 2. The number of ether oxygens (including phenoxy) is 1. The van der Waals surface area contributed by atoms with E-state index in [1.165, 1.54) is 12.1 Å². The van der Waals surface area contributed by atoms with Gasteiger partial charge in [-0.3, -0.25) is 0 Å². The molecule has 0 saturated carbocycles. The molecule has 18 heavy (non-hydrogen) atoms. The number of hydrogen-bond donors (Lipinski definition) is 1. The van der Waals surface area contributed by atoms with Crippen molar-refractivity contribution in [2.45, 2.75) is 26.7 Å². The van der Waals surface area contributed by atoms with E-state index < -0.39 is 5.92 Å². The highest BCUT2D eigenvalue weighted by molar-refractivity contribution is 5.30. The van der Waals surface area contributed by atoms with Gasteiger partial charge in [0.15, 0.2) is 0 Å². The SMILES string of the molecule is CCNCC(F)(F)c1ccc(OCC(C)C)cc1. The fourth-order valence-electron chi connectivity index (χ4n) is 1.44. The van der Waals surface area contributed by atoms with E-state index in [9.17, 15) is 8.78 Å². The minimum Gasteiger partial charge on any atom is -0.493 e. The molecule has 0 amide bonds. The molecule has 0 aromatic heterocycles. The van der Waals surface area contributed by atoms with Crippen molar-refractivity contribution in [3.8, 4) is 5.75 Å². The largest absolute Gasteiger partial charge is 0.493 e. The molecule has 0 heterocycles. The molecule has 0 aliphatic rings. The fraction of sp³-hybridized carbons (Fsp3) is 0.571. The summed E-state index contributed by atoms with van der Waals surface area (Å²) in [5.41, 5.74) is 0.0142. The zero-order valence-corrected chi connectivity index (χ0v) is 11.2. The summed E-state index contributed by atoms with van der Waals surface area (Å²) in [7, 11) is 0. The first kappa shape index (κ1) is 14.9. The van der Waals surface area contributed by atoms with Gasteiger partial charge in [-0.25, -0.2) is 0 Å². The van der Waals surface area contributed by atoms with Crippen LogP contribution in [0.1, 0.15) is 26.3 Å². The lowest BCUT2D eigenvalue weighted by Gasteiger charge is -2.17. The molecular weight excluding hydrogens is 236 g/mol. The summed E-state index contributed by atoms with van der Waals surface area (Å²) >= 11 is 0. The minimum atomic E-state index is -2.84. The Bertz CT molecular complexity index is 349. The van der Waals surface area contributed by atoms with Crippen LogP contribution in [0.2, 0.25) is 0 Å². The summed E-state index contributed by atoms with van der Waals surface area (Å²) in [6.07, 6.45) is 0. The van der Waals surface area contributed by atoms with E-state index >= 15 is 0 Å². The summed E-state index contributed by atoms with van der Waals surface area (Å²) in [6.45, 7) is 6.67. The molecule has 1 aromatic carbocycles. The molecule has 0 atom stereocenters. The Kier molecular flexibility index (Phi) is 5.54. The standard InChI is InChI=1S/C14H21F2NO/c1-4-17-10-14(15,16)12-5-7-13(8-6-12)18-9-11(2)3/h5-8,11,17H,4,9-10H2,1-3H3. The van der Waals surface area contributed by atoms with Crippen molar-refractivity contribution in [1.29, 1.82) is 0 Å². The van der Waals surface area contributed by atoms with Crippen LogP contribution in [0.25, 0.3) is 0 Å². The molecule has 0 spiro atoms. The first-order valence-corrected chi connectivity index (χ1v) is 6.27. The molecule has 0 aliphatic heterocycles. The third-order valence-electron chi connectivity index (χ3n) is 2.46.